The Morgan fingerprint density at radius 1 is 1.32 bits per heavy atom. The first kappa shape index (κ1) is 17.0. The summed E-state index contributed by atoms with van der Waals surface area (Å²) < 4.78 is 1.13. The maximum atomic E-state index is 12.1. The van der Waals surface area contributed by atoms with Gasteiger partial charge in [0.05, 0.1) is 16.0 Å². The number of rotatable bonds is 5. The number of nitrogens with one attached hydrogen (secondary N) is 1. The van der Waals surface area contributed by atoms with Crippen LogP contribution < -0.4 is 5.43 Å². The largest absolute Gasteiger partial charge is 0.272 e. The number of amides is 1. The van der Waals surface area contributed by atoms with Crippen LogP contribution in [0.1, 0.15) is 19.4 Å². The lowest BCUT2D eigenvalue weighted by Crippen LogP contribution is -2.27. The fourth-order valence-electron chi connectivity index (χ4n) is 1.66. The zero-order chi connectivity index (χ0) is 15.9. The molecule has 0 unspecified atom stereocenters. The highest BCUT2D eigenvalue weighted by Gasteiger charge is 2.14. The minimum absolute atomic E-state index is 0.138. The van der Waals surface area contributed by atoms with Gasteiger partial charge in [-0.05, 0) is 66.3 Å². The van der Waals surface area contributed by atoms with Crippen molar-refractivity contribution in [2.45, 2.75) is 24.1 Å². The molecule has 0 aliphatic heterocycles. The van der Waals surface area contributed by atoms with Crippen molar-refractivity contribution in [1.29, 1.82) is 0 Å². The van der Waals surface area contributed by atoms with Gasteiger partial charge in [0.15, 0.2) is 0 Å². The summed E-state index contributed by atoms with van der Waals surface area (Å²) in [5, 5.41) is 4.74. The zero-order valence-corrected chi connectivity index (χ0v) is 15.3. The molecule has 0 saturated heterocycles. The summed E-state index contributed by atoms with van der Waals surface area (Å²) in [4.78, 5) is 16.3. The van der Waals surface area contributed by atoms with Crippen LogP contribution >= 0.6 is 34.4 Å². The minimum atomic E-state index is -0.262. The van der Waals surface area contributed by atoms with E-state index in [0.29, 0.717) is 0 Å². The molecule has 2 rings (SSSR count). The molecule has 1 aromatic carbocycles. The van der Waals surface area contributed by atoms with Crippen molar-refractivity contribution in [1.82, 2.24) is 10.4 Å². The smallest absolute Gasteiger partial charge is 0.253 e. The lowest BCUT2D eigenvalue weighted by atomic mass is 10.1. The SMILES string of the molecule is C/C(=N/NC(=O)[C@H](C)Sc1ccccn1)c1cccc(I)c1. The van der Waals surface area contributed by atoms with Gasteiger partial charge < -0.3 is 0 Å². The van der Waals surface area contributed by atoms with Crippen LogP contribution in [0, 0.1) is 3.57 Å². The Hall–Kier alpha value is -1.41. The average Bonchev–Trinajstić information content (AvgIpc) is 2.53. The summed E-state index contributed by atoms with van der Waals surface area (Å²) >= 11 is 3.66. The summed E-state index contributed by atoms with van der Waals surface area (Å²) in [5.74, 6) is -0.138. The van der Waals surface area contributed by atoms with E-state index < -0.39 is 0 Å². The van der Waals surface area contributed by atoms with Gasteiger partial charge in [-0.25, -0.2) is 10.4 Å². The number of hydrogen-bond donors (Lipinski definition) is 1. The standard InChI is InChI=1S/C16H16IN3OS/c1-11(13-6-5-7-14(17)10-13)19-20-16(21)12(2)22-15-8-3-4-9-18-15/h3-10,12H,1-2H3,(H,20,21)/b19-11-/t12-/m0/s1. The molecule has 114 valence electrons. The number of nitrogens with zero attached hydrogens (tertiary/aromatic N) is 2. The van der Waals surface area contributed by atoms with Crippen molar-refractivity contribution < 1.29 is 4.79 Å². The van der Waals surface area contributed by atoms with Gasteiger partial charge in [-0.2, -0.15) is 5.10 Å². The number of aromatic nitrogens is 1. The quantitative estimate of drug-likeness (QED) is 0.344. The predicted octanol–water partition coefficient (Wildman–Crippen LogP) is 3.71. The Bertz CT molecular complexity index is 676. The highest BCUT2D eigenvalue weighted by atomic mass is 127. The lowest BCUT2D eigenvalue weighted by Gasteiger charge is -2.09. The lowest BCUT2D eigenvalue weighted by molar-refractivity contribution is -0.120. The number of halogens is 1. The summed E-state index contributed by atoms with van der Waals surface area (Å²) in [6.07, 6.45) is 1.71. The number of carbonyl (C=O) groups excluding carboxylic acids is 1. The Morgan fingerprint density at radius 3 is 2.82 bits per heavy atom. The van der Waals surface area contributed by atoms with Crippen LogP contribution in [0.5, 0.6) is 0 Å². The summed E-state index contributed by atoms with van der Waals surface area (Å²) in [7, 11) is 0. The summed E-state index contributed by atoms with van der Waals surface area (Å²) in [6, 6.07) is 13.6. The second kappa shape index (κ2) is 8.28. The van der Waals surface area contributed by atoms with Crippen LogP contribution in [0.25, 0.3) is 0 Å². The second-order valence-electron chi connectivity index (χ2n) is 4.61. The summed E-state index contributed by atoms with van der Waals surface area (Å²) in [5.41, 5.74) is 4.40. The van der Waals surface area contributed by atoms with Crippen molar-refractivity contribution in [2.75, 3.05) is 0 Å². The van der Waals surface area contributed by atoms with E-state index in [4.69, 9.17) is 0 Å². The van der Waals surface area contributed by atoms with Crippen molar-refractivity contribution in [3.8, 4) is 0 Å². The van der Waals surface area contributed by atoms with E-state index in [0.717, 1.165) is 19.9 Å². The van der Waals surface area contributed by atoms with Crippen LogP contribution in [-0.4, -0.2) is 21.9 Å². The molecule has 0 bridgehead atoms. The molecule has 1 heterocycles. The van der Waals surface area contributed by atoms with E-state index in [9.17, 15) is 4.79 Å². The van der Waals surface area contributed by atoms with Crippen molar-refractivity contribution in [2.24, 2.45) is 5.10 Å². The van der Waals surface area contributed by atoms with Gasteiger partial charge in [0.1, 0.15) is 0 Å². The third kappa shape index (κ3) is 5.10. The maximum absolute atomic E-state index is 12.1. The number of hydrazone groups is 1. The second-order valence-corrected chi connectivity index (χ2v) is 7.22. The molecule has 22 heavy (non-hydrogen) atoms. The van der Waals surface area contributed by atoms with Crippen LogP contribution in [0.15, 0.2) is 58.8 Å². The normalized spacial score (nSPS) is 12.8. The fraction of sp³-hybridized carbons (Fsp3) is 0.188. The van der Waals surface area contributed by atoms with E-state index in [1.54, 1.807) is 6.20 Å². The van der Waals surface area contributed by atoms with Gasteiger partial charge in [0.2, 0.25) is 0 Å². The molecule has 0 radical (unpaired) electrons. The first-order chi connectivity index (χ1) is 10.6. The van der Waals surface area contributed by atoms with Crippen molar-refractivity contribution in [3.05, 3.63) is 57.8 Å². The topological polar surface area (TPSA) is 54.4 Å². The van der Waals surface area contributed by atoms with Crippen LogP contribution in [0.4, 0.5) is 0 Å². The molecule has 0 aliphatic carbocycles. The molecule has 1 amide bonds. The van der Waals surface area contributed by atoms with E-state index >= 15 is 0 Å². The summed E-state index contributed by atoms with van der Waals surface area (Å²) in [6.45, 7) is 3.72. The van der Waals surface area contributed by atoms with Gasteiger partial charge in [-0.15, -0.1) is 0 Å². The first-order valence-corrected chi connectivity index (χ1v) is 8.70. The molecular formula is C16H16IN3OS. The Balaban J connectivity index is 1.95. The highest BCUT2D eigenvalue weighted by Crippen LogP contribution is 2.20. The van der Waals surface area contributed by atoms with E-state index in [1.807, 2.05) is 56.3 Å². The Morgan fingerprint density at radius 2 is 2.14 bits per heavy atom. The van der Waals surface area contributed by atoms with Crippen molar-refractivity contribution >= 4 is 46.0 Å². The van der Waals surface area contributed by atoms with Gasteiger partial charge in [0.25, 0.3) is 5.91 Å². The van der Waals surface area contributed by atoms with Gasteiger partial charge in [0, 0.05) is 9.77 Å². The first-order valence-electron chi connectivity index (χ1n) is 6.74. The highest BCUT2D eigenvalue weighted by molar-refractivity contribution is 14.1. The van der Waals surface area contributed by atoms with E-state index in [2.05, 4.69) is 38.1 Å². The molecule has 0 aliphatic rings. The minimum Gasteiger partial charge on any atom is -0.272 e. The van der Waals surface area contributed by atoms with Gasteiger partial charge in [-0.1, -0.05) is 30.0 Å². The van der Waals surface area contributed by atoms with Gasteiger partial charge >= 0.3 is 0 Å². The molecule has 2 aromatic rings. The molecule has 0 fully saturated rings. The van der Waals surface area contributed by atoms with E-state index in [1.165, 1.54) is 11.8 Å². The third-order valence-electron chi connectivity index (χ3n) is 2.88. The number of thioether (sulfide) groups is 1. The maximum Gasteiger partial charge on any atom is 0.253 e. The Labute approximate surface area is 147 Å². The van der Waals surface area contributed by atoms with Crippen LogP contribution in [0.2, 0.25) is 0 Å². The number of hydrogen-bond acceptors (Lipinski definition) is 4. The average molecular weight is 425 g/mol. The number of carbonyl (C=O) groups is 1. The molecule has 0 saturated carbocycles. The molecule has 1 aromatic heterocycles. The van der Waals surface area contributed by atoms with Crippen molar-refractivity contribution in [3.63, 3.8) is 0 Å². The molecule has 4 nitrogen and oxygen atoms in total. The number of pyridine rings is 1. The molecular weight excluding hydrogens is 409 g/mol. The molecule has 1 atom stereocenters. The molecule has 0 spiro atoms. The monoisotopic (exact) mass is 425 g/mol. The number of benzene rings is 1. The van der Waals surface area contributed by atoms with Crippen LogP contribution in [0.3, 0.4) is 0 Å². The fourth-order valence-corrected chi connectivity index (χ4v) is 3.00. The third-order valence-corrected chi connectivity index (χ3v) is 4.60. The van der Waals surface area contributed by atoms with Crippen LogP contribution in [-0.2, 0) is 4.79 Å². The predicted molar refractivity (Wildman–Crippen MR) is 99.1 cm³/mol. The molecule has 6 heteroatoms. The van der Waals surface area contributed by atoms with E-state index in [-0.39, 0.29) is 11.2 Å². The zero-order valence-electron chi connectivity index (χ0n) is 12.3. The Kier molecular flexibility index (Phi) is 6.38. The van der Waals surface area contributed by atoms with Gasteiger partial charge in [-0.3, -0.25) is 4.79 Å². The molecule has 1 N–H and O–H groups in total.